The molecule has 0 bridgehead atoms. The highest BCUT2D eigenvalue weighted by Gasteiger charge is 2.03. The number of ether oxygens (including phenoxy) is 1. The average Bonchev–Trinajstić information content (AvgIpc) is 2.78. The van der Waals surface area contributed by atoms with Crippen molar-refractivity contribution in [3.8, 4) is 5.75 Å². The Bertz CT molecular complexity index is 1060. The molecule has 1 amide bonds. The molecule has 0 aromatic heterocycles. The third-order valence-corrected chi connectivity index (χ3v) is 4.16. The first-order valence-corrected chi connectivity index (χ1v) is 9.55. The summed E-state index contributed by atoms with van der Waals surface area (Å²) in [6.45, 7) is 0. The largest absolute Gasteiger partial charge is 0.496 e. The van der Waals surface area contributed by atoms with Crippen LogP contribution in [0.2, 0.25) is 0 Å². The summed E-state index contributed by atoms with van der Waals surface area (Å²) in [5.41, 5.74) is 3.02. The SMILES string of the molecule is COc1ccccc1/C=C/C(=O)NC(=S)Nc1ccc(N=Nc2ccccc2)cc1. The maximum atomic E-state index is 12.1. The van der Waals surface area contributed by atoms with E-state index in [0.717, 1.165) is 16.9 Å². The maximum Gasteiger partial charge on any atom is 0.250 e. The molecule has 2 N–H and O–H groups in total. The molecule has 7 heteroatoms. The number of nitrogens with zero attached hydrogens (tertiary/aromatic N) is 2. The van der Waals surface area contributed by atoms with E-state index in [2.05, 4.69) is 20.9 Å². The van der Waals surface area contributed by atoms with E-state index in [-0.39, 0.29) is 11.0 Å². The van der Waals surface area contributed by atoms with Gasteiger partial charge < -0.3 is 10.1 Å². The predicted molar refractivity (Wildman–Crippen MR) is 123 cm³/mol. The summed E-state index contributed by atoms with van der Waals surface area (Å²) in [5, 5.41) is 14.1. The lowest BCUT2D eigenvalue weighted by Crippen LogP contribution is -2.32. The van der Waals surface area contributed by atoms with Crippen molar-refractivity contribution in [1.82, 2.24) is 5.32 Å². The number of para-hydroxylation sites is 1. The molecule has 0 aliphatic carbocycles. The number of amides is 1. The van der Waals surface area contributed by atoms with Crippen LogP contribution in [0.3, 0.4) is 0 Å². The first-order valence-electron chi connectivity index (χ1n) is 9.14. The second kappa shape index (κ2) is 10.6. The number of methoxy groups -OCH3 is 1. The zero-order valence-electron chi connectivity index (χ0n) is 16.3. The second-order valence-electron chi connectivity index (χ2n) is 6.10. The number of rotatable bonds is 6. The van der Waals surface area contributed by atoms with Gasteiger partial charge in [0.15, 0.2) is 5.11 Å². The smallest absolute Gasteiger partial charge is 0.250 e. The van der Waals surface area contributed by atoms with Crippen LogP contribution in [0.5, 0.6) is 5.75 Å². The fraction of sp³-hybridized carbons (Fsp3) is 0.0435. The van der Waals surface area contributed by atoms with Gasteiger partial charge in [-0.25, -0.2) is 0 Å². The lowest BCUT2D eigenvalue weighted by molar-refractivity contribution is -0.115. The molecule has 0 heterocycles. The maximum absolute atomic E-state index is 12.1. The molecule has 0 saturated carbocycles. The summed E-state index contributed by atoms with van der Waals surface area (Å²) in [6, 6.07) is 24.1. The van der Waals surface area contributed by atoms with Crippen LogP contribution in [0.25, 0.3) is 6.08 Å². The molecule has 6 nitrogen and oxygen atoms in total. The molecule has 0 fully saturated rings. The minimum atomic E-state index is -0.341. The van der Waals surface area contributed by atoms with E-state index in [9.17, 15) is 4.79 Å². The van der Waals surface area contributed by atoms with Crippen LogP contribution in [0.15, 0.2) is 95.2 Å². The topological polar surface area (TPSA) is 75.1 Å². The van der Waals surface area contributed by atoms with Crippen molar-refractivity contribution >= 4 is 46.4 Å². The van der Waals surface area contributed by atoms with E-state index in [4.69, 9.17) is 17.0 Å². The van der Waals surface area contributed by atoms with Crippen molar-refractivity contribution in [1.29, 1.82) is 0 Å². The van der Waals surface area contributed by atoms with Gasteiger partial charge in [-0.05, 0) is 60.8 Å². The number of carbonyl (C=O) groups excluding carboxylic acids is 1. The van der Waals surface area contributed by atoms with Crippen molar-refractivity contribution in [3.05, 3.63) is 90.5 Å². The molecule has 0 spiro atoms. The summed E-state index contributed by atoms with van der Waals surface area (Å²) >= 11 is 5.20. The Morgan fingerprint density at radius 3 is 2.23 bits per heavy atom. The van der Waals surface area contributed by atoms with Crippen LogP contribution < -0.4 is 15.4 Å². The first-order chi connectivity index (χ1) is 14.6. The van der Waals surface area contributed by atoms with Gasteiger partial charge in [0.25, 0.3) is 0 Å². The summed E-state index contributed by atoms with van der Waals surface area (Å²) in [4.78, 5) is 12.1. The van der Waals surface area contributed by atoms with Crippen LogP contribution in [-0.4, -0.2) is 18.1 Å². The van der Waals surface area contributed by atoms with E-state index in [1.165, 1.54) is 6.08 Å². The highest BCUT2D eigenvalue weighted by atomic mass is 32.1. The Hall–Kier alpha value is -3.84. The summed E-state index contributed by atoms with van der Waals surface area (Å²) in [5.74, 6) is 0.346. The van der Waals surface area contributed by atoms with Gasteiger partial charge in [0.1, 0.15) is 5.75 Å². The molecule has 0 aliphatic rings. The fourth-order valence-corrected chi connectivity index (χ4v) is 2.73. The number of hydrogen-bond donors (Lipinski definition) is 2. The Kier molecular flexibility index (Phi) is 7.40. The van der Waals surface area contributed by atoms with Gasteiger partial charge in [-0.3, -0.25) is 10.1 Å². The number of benzene rings is 3. The van der Waals surface area contributed by atoms with Crippen LogP contribution in [-0.2, 0) is 4.79 Å². The molecule has 0 atom stereocenters. The zero-order chi connectivity index (χ0) is 21.2. The summed E-state index contributed by atoms with van der Waals surface area (Å²) < 4.78 is 5.25. The molecule has 0 aliphatic heterocycles. The van der Waals surface area contributed by atoms with Crippen LogP contribution in [0.1, 0.15) is 5.56 Å². The number of thiocarbonyl (C=S) groups is 1. The van der Waals surface area contributed by atoms with Crippen LogP contribution in [0.4, 0.5) is 17.1 Å². The zero-order valence-corrected chi connectivity index (χ0v) is 17.1. The van der Waals surface area contributed by atoms with Crippen molar-refractivity contribution in [2.45, 2.75) is 0 Å². The Balaban J connectivity index is 1.52. The lowest BCUT2D eigenvalue weighted by Gasteiger charge is -2.08. The van der Waals surface area contributed by atoms with Gasteiger partial charge >= 0.3 is 0 Å². The molecule has 3 aromatic carbocycles. The number of anilines is 1. The van der Waals surface area contributed by atoms with Crippen molar-refractivity contribution in [2.75, 3.05) is 12.4 Å². The highest BCUT2D eigenvalue weighted by molar-refractivity contribution is 7.80. The van der Waals surface area contributed by atoms with Gasteiger partial charge in [0, 0.05) is 17.3 Å². The standard InChI is InChI=1S/C23H20N4O2S/c1-29-21-10-6-5-7-17(21)11-16-22(28)25-23(30)24-18-12-14-20(15-13-18)27-26-19-8-3-2-4-9-19/h2-16H,1H3,(H2,24,25,28,30)/b16-11+,27-26?. The van der Waals surface area contributed by atoms with Crippen LogP contribution in [0, 0.1) is 0 Å². The molecule has 0 saturated heterocycles. The predicted octanol–water partition coefficient (Wildman–Crippen LogP) is 5.64. The van der Waals surface area contributed by atoms with Gasteiger partial charge in [-0.15, -0.1) is 0 Å². The molecule has 30 heavy (non-hydrogen) atoms. The average molecular weight is 417 g/mol. The Labute approximate surface area is 180 Å². The monoisotopic (exact) mass is 416 g/mol. The van der Waals surface area contributed by atoms with Crippen molar-refractivity contribution in [2.24, 2.45) is 10.2 Å². The molecule has 150 valence electrons. The van der Waals surface area contributed by atoms with Gasteiger partial charge in [-0.1, -0.05) is 36.4 Å². The van der Waals surface area contributed by atoms with Crippen molar-refractivity contribution in [3.63, 3.8) is 0 Å². The summed E-state index contributed by atoms with van der Waals surface area (Å²) in [6.07, 6.45) is 3.07. The number of carbonyl (C=O) groups is 1. The molecular formula is C23H20N4O2S. The van der Waals surface area contributed by atoms with Gasteiger partial charge in [0.05, 0.1) is 18.5 Å². The van der Waals surface area contributed by atoms with E-state index in [0.29, 0.717) is 11.4 Å². The van der Waals surface area contributed by atoms with E-state index in [1.807, 2.05) is 66.7 Å². The second-order valence-corrected chi connectivity index (χ2v) is 6.51. The van der Waals surface area contributed by atoms with E-state index in [1.54, 1.807) is 25.3 Å². The van der Waals surface area contributed by atoms with Crippen molar-refractivity contribution < 1.29 is 9.53 Å². The van der Waals surface area contributed by atoms with E-state index < -0.39 is 0 Å². The quantitative estimate of drug-likeness (QED) is 0.310. The first kappa shape index (κ1) is 20.9. The number of nitrogens with one attached hydrogen (secondary N) is 2. The van der Waals surface area contributed by atoms with Gasteiger partial charge in [-0.2, -0.15) is 10.2 Å². The molecule has 3 rings (SSSR count). The van der Waals surface area contributed by atoms with E-state index >= 15 is 0 Å². The molecule has 0 unspecified atom stereocenters. The minimum absolute atomic E-state index is 0.198. The Morgan fingerprint density at radius 2 is 1.53 bits per heavy atom. The third-order valence-electron chi connectivity index (χ3n) is 3.95. The minimum Gasteiger partial charge on any atom is -0.496 e. The number of hydrogen-bond acceptors (Lipinski definition) is 5. The Morgan fingerprint density at radius 1 is 0.900 bits per heavy atom. The molecule has 0 radical (unpaired) electrons. The normalized spacial score (nSPS) is 10.8. The highest BCUT2D eigenvalue weighted by Crippen LogP contribution is 2.20. The fourth-order valence-electron chi connectivity index (χ4n) is 2.51. The van der Waals surface area contributed by atoms with Gasteiger partial charge in [0.2, 0.25) is 5.91 Å². The lowest BCUT2D eigenvalue weighted by atomic mass is 10.2. The van der Waals surface area contributed by atoms with Crippen LogP contribution >= 0.6 is 12.2 Å². The molecule has 3 aromatic rings. The third kappa shape index (κ3) is 6.35. The number of azo groups is 1. The summed E-state index contributed by atoms with van der Waals surface area (Å²) in [7, 11) is 1.58. The molecular weight excluding hydrogens is 396 g/mol.